The minimum absolute atomic E-state index is 0.000726. The highest BCUT2D eigenvalue weighted by atomic mass is 14.9. The SMILES string of the molecule is CC1(C)c2ccccc2-c2ccc(Nc3cccc(-c4ccc5c(ccc6ccccc65)c4)c3)cc21. The van der Waals surface area contributed by atoms with E-state index in [1.54, 1.807) is 0 Å². The van der Waals surface area contributed by atoms with Crippen molar-refractivity contribution in [3.05, 3.63) is 132 Å². The lowest BCUT2D eigenvalue weighted by atomic mass is 9.82. The Kier molecular flexibility index (Phi) is 4.56. The third-order valence-corrected chi connectivity index (χ3v) is 7.81. The van der Waals surface area contributed by atoms with Crippen molar-refractivity contribution < 1.29 is 0 Å². The predicted octanol–water partition coefficient (Wildman–Crippen LogP) is 9.71. The van der Waals surface area contributed by atoms with Gasteiger partial charge in [0, 0.05) is 16.8 Å². The summed E-state index contributed by atoms with van der Waals surface area (Å²) in [5.74, 6) is 0. The first-order chi connectivity index (χ1) is 17.6. The van der Waals surface area contributed by atoms with Crippen LogP contribution in [-0.2, 0) is 5.41 Å². The van der Waals surface area contributed by atoms with Crippen molar-refractivity contribution in [3.63, 3.8) is 0 Å². The van der Waals surface area contributed by atoms with E-state index < -0.39 is 0 Å². The first kappa shape index (κ1) is 21.0. The van der Waals surface area contributed by atoms with Gasteiger partial charge in [-0.25, -0.2) is 0 Å². The van der Waals surface area contributed by atoms with Crippen LogP contribution < -0.4 is 5.32 Å². The molecule has 1 heteroatoms. The Morgan fingerprint density at radius 2 is 1.19 bits per heavy atom. The average Bonchev–Trinajstić information content (AvgIpc) is 3.15. The molecule has 0 aromatic heterocycles. The molecule has 0 unspecified atom stereocenters. The van der Waals surface area contributed by atoms with Gasteiger partial charge in [0.15, 0.2) is 0 Å². The van der Waals surface area contributed by atoms with E-state index in [1.165, 1.54) is 54.9 Å². The molecule has 1 aliphatic carbocycles. The maximum Gasteiger partial charge on any atom is 0.0390 e. The lowest BCUT2D eigenvalue weighted by Crippen LogP contribution is -2.15. The largest absolute Gasteiger partial charge is 0.356 e. The molecule has 0 fully saturated rings. The van der Waals surface area contributed by atoms with Crippen LogP contribution in [-0.4, -0.2) is 0 Å². The second-order valence-corrected chi connectivity index (χ2v) is 10.4. The number of benzene rings is 6. The zero-order chi connectivity index (χ0) is 24.3. The Hall–Kier alpha value is -4.36. The molecule has 0 amide bonds. The van der Waals surface area contributed by atoms with Crippen LogP contribution >= 0.6 is 0 Å². The smallest absolute Gasteiger partial charge is 0.0390 e. The molecule has 6 aromatic carbocycles. The highest BCUT2D eigenvalue weighted by molar-refractivity contribution is 6.08. The van der Waals surface area contributed by atoms with Gasteiger partial charge in [-0.15, -0.1) is 0 Å². The van der Waals surface area contributed by atoms with Crippen molar-refractivity contribution >= 4 is 32.9 Å². The van der Waals surface area contributed by atoms with Crippen molar-refractivity contribution in [2.75, 3.05) is 5.32 Å². The van der Waals surface area contributed by atoms with Crippen molar-refractivity contribution in [2.24, 2.45) is 0 Å². The van der Waals surface area contributed by atoms with E-state index in [2.05, 4.69) is 140 Å². The Morgan fingerprint density at radius 1 is 0.472 bits per heavy atom. The van der Waals surface area contributed by atoms with Gasteiger partial charge < -0.3 is 5.32 Å². The van der Waals surface area contributed by atoms with Gasteiger partial charge in [-0.2, -0.15) is 0 Å². The van der Waals surface area contributed by atoms with Crippen LogP contribution in [0.2, 0.25) is 0 Å². The second-order valence-electron chi connectivity index (χ2n) is 10.4. The lowest BCUT2D eigenvalue weighted by molar-refractivity contribution is 0.660. The minimum atomic E-state index is 0.000726. The quantitative estimate of drug-likeness (QED) is 0.259. The van der Waals surface area contributed by atoms with Gasteiger partial charge in [-0.3, -0.25) is 0 Å². The number of rotatable bonds is 3. The molecule has 7 rings (SSSR count). The summed E-state index contributed by atoms with van der Waals surface area (Å²) in [5, 5.41) is 8.82. The molecule has 0 saturated carbocycles. The summed E-state index contributed by atoms with van der Waals surface area (Å²) in [6.45, 7) is 4.65. The molecule has 1 N–H and O–H groups in total. The van der Waals surface area contributed by atoms with E-state index >= 15 is 0 Å². The molecular formula is C35H27N. The monoisotopic (exact) mass is 461 g/mol. The average molecular weight is 462 g/mol. The summed E-state index contributed by atoms with van der Waals surface area (Å²) in [5.41, 5.74) is 10.1. The molecule has 36 heavy (non-hydrogen) atoms. The summed E-state index contributed by atoms with van der Waals surface area (Å²) < 4.78 is 0. The molecule has 1 aliphatic rings. The highest BCUT2D eigenvalue weighted by Gasteiger charge is 2.35. The van der Waals surface area contributed by atoms with Crippen LogP contribution in [0, 0.1) is 0 Å². The van der Waals surface area contributed by atoms with Crippen molar-refractivity contribution in [3.8, 4) is 22.3 Å². The summed E-state index contributed by atoms with van der Waals surface area (Å²) in [6, 6.07) is 44.1. The Labute approximate surface area is 212 Å². The van der Waals surface area contributed by atoms with Crippen LogP contribution in [0.15, 0.2) is 121 Å². The first-order valence-electron chi connectivity index (χ1n) is 12.6. The molecule has 0 atom stereocenters. The standard InChI is InChI=1S/C35H27N/c1-35(2)33-13-6-5-12-31(33)32-19-17-28(22-34(32)35)36-27-10-7-9-24(21-27)25-16-18-30-26(20-25)15-14-23-8-3-4-11-29(23)30/h3-22,36H,1-2H3. The number of hydrogen-bond acceptors (Lipinski definition) is 1. The Balaban J connectivity index is 1.23. The molecule has 1 nitrogen and oxygen atoms in total. The molecule has 0 bridgehead atoms. The van der Waals surface area contributed by atoms with Crippen LogP contribution in [0.1, 0.15) is 25.0 Å². The first-order valence-corrected chi connectivity index (χ1v) is 12.6. The maximum absolute atomic E-state index is 3.67. The number of anilines is 2. The maximum atomic E-state index is 3.67. The van der Waals surface area contributed by atoms with Gasteiger partial charge in [-0.05, 0) is 85.3 Å². The fourth-order valence-electron chi connectivity index (χ4n) is 5.92. The Morgan fingerprint density at radius 3 is 2.14 bits per heavy atom. The third kappa shape index (κ3) is 3.24. The Bertz CT molecular complexity index is 1790. The molecule has 172 valence electrons. The zero-order valence-corrected chi connectivity index (χ0v) is 20.5. The molecule has 0 radical (unpaired) electrons. The summed E-state index contributed by atoms with van der Waals surface area (Å²) in [4.78, 5) is 0. The van der Waals surface area contributed by atoms with Crippen LogP contribution in [0.4, 0.5) is 11.4 Å². The molecule has 0 spiro atoms. The predicted molar refractivity (Wildman–Crippen MR) is 154 cm³/mol. The molecular weight excluding hydrogens is 434 g/mol. The fraction of sp³-hybridized carbons (Fsp3) is 0.0857. The van der Waals surface area contributed by atoms with E-state index in [0.29, 0.717) is 0 Å². The fourth-order valence-corrected chi connectivity index (χ4v) is 5.92. The van der Waals surface area contributed by atoms with E-state index in [9.17, 15) is 0 Å². The minimum Gasteiger partial charge on any atom is -0.356 e. The number of fused-ring (bicyclic) bond motifs is 6. The van der Waals surface area contributed by atoms with Gasteiger partial charge in [-0.1, -0.05) is 105 Å². The topological polar surface area (TPSA) is 12.0 Å². The highest BCUT2D eigenvalue weighted by Crippen LogP contribution is 2.49. The number of hydrogen-bond donors (Lipinski definition) is 1. The van der Waals surface area contributed by atoms with Crippen LogP contribution in [0.5, 0.6) is 0 Å². The molecule has 6 aromatic rings. The molecule has 0 heterocycles. The van der Waals surface area contributed by atoms with Gasteiger partial charge >= 0.3 is 0 Å². The van der Waals surface area contributed by atoms with Gasteiger partial charge in [0.25, 0.3) is 0 Å². The van der Waals surface area contributed by atoms with E-state index in [0.717, 1.165) is 11.4 Å². The van der Waals surface area contributed by atoms with Crippen LogP contribution in [0.25, 0.3) is 43.8 Å². The van der Waals surface area contributed by atoms with Gasteiger partial charge in [0.05, 0.1) is 0 Å². The van der Waals surface area contributed by atoms with E-state index in [-0.39, 0.29) is 5.41 Å². The van der Waals surface area contributed by atoms with E-state index in [4.69, 9.17) is 0 Å². The van der Waals surface area contributed by atoms with Crippen molar-refractivity contribution in [1.29, 1.82) is 0 Å². The van der Waals surface area contributed by atoms with Crippen molar-refractivity contribution in [2.45, 2.75) is 19.3 Å². The normalized spacial score (nSPS) is 13.5. The summed E-state index contributed by atoms with van der Waals surface area (Å²) in [6.07, 6.45) is 0. The van der Waals surface area contributed by atoms with E-state index in [1.807, 2.05) is 0 Å². The van der Waals surface area contributed by atoms with Gasteiger partial charge in [0.2, 0.25) is 0 Å². The van der Waals surface area contributed by atoms with Crippen molar-refractivity contribution in [1.82, 2.24) is 0 Å². The van der Waals surface area contributed by atoms with Crippen LogP contribution in [0.3, 0.4) is 0 Å². The second kappa shape index (κ2) is 7.83. The van der Waals surface area contributed by atoms with Gasteiger partial charge in [0.1, 0.15) is 0 Å². The third-order valence-electron chi connectivity index (χ3n) is 7.81. The summed E-state index contributed by atoms with van der Waals surface area (Å²) >= 11 is 0. The summed E-state index contributed by atoms with van der Waals surface area (Å²) in [7, 11) is 0. The lowest BCUT2D eigenvalue weighted by Gasteiger charge is -2.22. The zero-order valence-electron chi connectivity index (χ0n) is 20.5. The number of nitrogens with one attached hydrogen (secondary N) is 1. The molecule has 0 aliphatic heterocycles. The molecule has 0 saturated heterocycles.